The van der Waals surface area contributed by atoms with Crippen LogP contribution in [0.25, 0.3) is 0 Å². The molecule has 1 aliphatic rings. The van der Waals surface area contributed by atoms with Crippen LogP contribution in [0.15, 0.2) is 0 Å². The molecule has 0 aromatic rings. The fraction of sp³-hybridized carbons (Fsp3) is 0.625. The Hall–Kier alpha value is -0.620. The SMILES string of the molecule is C#CCSC1CCCNC1=O. The minimum Gasteiger partial charge on any atom is -0.355 e. The zero-order valence-corrected chi connectivity index (χ0v) is 7.12. The summed E-state index contributed by atoms with van der Waals surface area (Å²) in [6.07, 6.45) is 7.14. The van der Waals surface area contributed by atoms with Crippen LogP contribution in [-0.2, 0) is 4.79 Å². The monoisotopic (exact) mass is 169 g/mol. The highest BCUT2D eigenvalue weighted by Gasteiger charge is 2.21. The minimum atomic E-state index is 0.0970. The smallest absolute Gasteiger partial charge is 0.233 e. The number of piperidine rings is 1. The quantitative estimate of drug-likeness (QED) is 0.614. The Balaban J connectivity index is 2.31. The lowest BCUT2D eigenvalue weighted by Gasteiger charge is -2.20. The zero-order chi connectivity index (χ0) is 8.10. The zero-order valence-electron chi connectivity index (χ0n) is 6.30. The molecule has 0 spiro atoms. The van der Waals surface area contributed by atoms with Crippen molar-refractivity contribution in [3.8, 4) is 12.3 Å². The van der Waals surface area contributed by atoms with Crippen molar-refractivity contribution in [3.05, 3.63) is 0 Å². The Morgan fingerprint density at radius 1 is 1.82 bits per heavy atom. The van der Waals surface area contributed by atoms with Crippen LogP contribution < -0.4 is 5.32 Å². The van der Waals surface area contributed by atoms with Crippen molar-refractivity contribution >= 4 is 17.7 Å². The molecular formula is C8H11NOS. The lowest BCUT2D eigenvalue weighted by molar-refractivity contribution is -0.121. The van der Waals surface area contributed by atoms with Gasteiger partial charge < -0.3 is 5.32 Å². The van der Waals surface area contributed by atoms with Crippen LogP contribution in [0.5, 0.6) is 0 Å². The van der Waals surface area contributed by atoms with Crippen LogP contribution in [0.3, 0.4) is 0 Å². The van der Waals surface area contributed by atoms with E-state index in [1.807, 2.05) is 0 Å². The third-order valence-corrected chi connectivity index (χ3v) is 2.79. The molecule has 1 amide bonds. The fourth-order valence-electron chi connectivity index (χ4n) is 1.05. The minimum absolute atomic E-state index is 0.0970. The lowest BCUT2D eigenvalue weighted by atomic mass is 10.1. The van der Waals surface area contributed by atoms with Gasteiger partial charge in [-0.05, 0) is 12.8 Å². The number of hydrogen-bond acceptors (Lipinski definition) is 2. The summed E-state index contributed by atoms with van der Waals surface area (Å²) in [4.78, 5) is 11.1. The Morgan fingerprint density at radius 2 is 2.64 bits per heavy atom. The molecule has 1 rings (SSSR count). The highest BCUT2D eigenvalue weighted by Crippen LogP contribution is 2.18. The first kappa shape index (κ1) is 8.48. The molecule has 0 radical (unpaired) electrons. The van der Waals surface area contributed by atoms with Gasteiger partial charge in [0, 0.05) is 6.54 Å². The molecule has 1 unspecified atom stereocenters. The van der Waals surface area contributed by atoms with E-state index in [0.717, 1.165) is 19.4 Å². The molecule has 1 N–H and O–H groups in total. The van der Waals surface area contributed by atoms with Crippen LogP contribution in [0.1, 0.15) is 12.8 Å². The first-order chi connectivity index (χ1) is 5.34. The van der Waals surface area contributed by atoms with Crippen molar-refractivity contribution in [1.29, 1.82) is 0 Å². The van der Waals surface area contributed by atoms with Gasteiger partial charge in [-0.3, -0.25) is 4.79 Å². The number of hydrogen-bond donors (Lipinski definition) is 1. The number of carbonyl (C=O) groups is 1. The van der Waals surface area contributed by atoms with Gasteiger partial charge in [0.2, 0.25) is 5.91 Å². The summed E-state index contributed by atoms with van der Waals surface area (Å²) in [6.45, 7) is 0.825. The van der Waals surface area contributed by atoms with Gasteiger partial charge in [-0.1, -0.05) is 5.92 Å². The lowest BCUT2D eigenvalue weighted by Crippen LogP contribution is -2.38. The molecule has 0 aromatic heterocycles. The second-order valence-electron chi connectivity index (χ2n) is 2.44. The third kappa shape index (κ3) is 2.47. The van der Waals surface area contributed by atoms with Crippen LogP contribution in [-0.4, -0.2) is 23.5 Å². The maximum Gasteiger partial charge on any atom is 0.233 e. The first-order valence-electron chi connectivity index (χ1n) is 3.67. The highest BCUT2D eigenvalue weighted by molar-refractivity contribution is 8.00. The number of nitrogens with one attached hydrogen (secondary N) is 1. The summed E-state index contributed by atoms with van der Waals surface area (Å²) >= 11 is 1.56. The second kappa shape index (κ2) is 4.30. The fourth-order valence-corrected chi connectivity index (χ4v) is 1.92. The molecule has 0 aromatic carbocycles. The topological polar surface area (TPSA) is 29.1 Å². The summed E-state index contributed by atoms with van der Waals surface area (Å²) < 4.78 is 0. The molecule has 60 valence electrons. The molecule has 1 aliphatic heterocycles. The number of carbonyl (C=O) groups excluding carboxylic acids is 1. The number of thioether (sulfide) groups is 1. The van der Waals surface area contributed by atoms with Crippen molar-refractivity contribution < 1.29 is 4.79 Å². The predicted octanol–water partition coefficient (Wildman–Crippen LogP) is 0.631. The maximum atomic E-state index is 11.1. The van der Waals surface area contributed by atoms with Crippen molar-refractivity contribution in [3.63, 3.8) is 0 Å². The van der Waals surface area contributed by atoms with E-state index in [9.17, 15) is 4.79 Å². The summed E-state index contributed by atoms with van der Waals surface area (Å²) in [5.74, 6) is 3.31. The number of amides is 1. The summed E-state index contributed by atoms with van der Waals surface area (Å²) in [6, 6.07) is 0. The van der Waals surface area contributed by atoms with E-state index in [1.54, 1.807) is 11.8 Å². The van der Waals surface area contributed by atoms with Crippen molar-refractivity contribution in [1.82, 2.24) is 5.32 Å². The molecule has 2 nitrogen and oxygen atoms in total. The van der Waals surface area contributed by atoms with Gasteiger partial charge in [0.05, 0.1) is 11.0 Å². The molecule has 0 bridgehead atoms. The molecule has 1 heterocycles. The van der Waals surface area contributed by atoms with E-state index in [0.29, 0.717) is 5.75 Å². The molecule has 11 heavy (non-hydrogen) atoms. The molecule has 3 heteroatoms. The normalized spacial score (nSPS) is 23.9. The van der Waals surface area contributed by atoms with E-state index in [2.05, 4.69) is 11.2 Å². The van der Waals surface area contributed by atoms with Crippen LogP contribution in [0, 0.1) is 12.3 Å². The summed E-state index contributed by atoms with van der Waals surface area (Å²) in [7, 11) is 0. The first-order valence-corrected chi connectivity index (χ1v) is 4.72. The van der Waals surface area contributed by atoms with Gasteiger partial charge in [-0.25, -0.2) is 0 Å². The van der Waals surface area contributed by atoms with Crippen LogP contribution in [0.2, 0.25) is 0 Å². The number of rotatable bonds is 2. The third-order valence-electron chi connectivity index (χ3n) is 1.60. The Labute approximate surface area is 71.1 Å². The van der Waals surface area contributed by atoms with Crippen molar-refractivity contribution in [2.24, 2.45) is 0 Å². The molecule has 1 saturated heterocycles. The number of terminal acetylenes is 1. The predicted molar refractivity (Wildman–Crippen MR) is 47.3 cm³/mol. The molecular weight excluding hydrogens is 158 g/mol. The van der Waals surface area contributed by atoms with Gasteiger partial charge >= 0.3 is 0 Å². The van der Waals surface area contributed by atoms with E-state index in [-0.39, 0.29) is 11.2 Å². The van der Waals surface area contributed by atoms with E-state index in [4.69, 9.17) is 6.42 Å². The van der Waals surface area contributed by atoms with E-state index >= 15 is 0 Å². The van der Waals surface area contributed by atoms with Crippen LogP contribution >= 0.6 is 11.8 Å². The molecule has 1 fully saturated rings. The molecule has 0 aliphatic carbocycles. The van der Waals surface area contributed by atoms with Gasteiger partial charge in [0.1, 0.15) is 0 Å². The summed E-state index contributed by atoms with van der Waals surface area (Å²) in [5, 5.41) is 2.91. The Kier molecular flexibility index (Phi) is 3.31. The highest BCUT2D eigenvalue weighted by atomic mass is 32.2. The van der Waals surface area contributed by atoms with Gasteiger partial charge in [-0.15, -0.1) is 18.2 Å². The van der Waals surface area contributed by atoms with E-state index < -0.39 is 0 Å². The standard InChI is InChI=1S/C8H11NOS/c1-2-6-11-7-4-3-5-9-8(7)10/h1,7H,3-6H2,(H,9,10). The molecule has 1 atom stereocenters. The Morgan fingerprint density at radius 3 is 3.27 bits per heavy atom. The van der Waals surface area contributed by atoms with E-state index in [1.165, 1.54) is 0 Å². The van der Waals surface area contributed by atoms with Gasteiger partial charge in [0.15, 0.2) is 0 Å². The second-order valence-corrected chi connectivity index (χ2v) is 3.63. The maximum absolute atomic E-state index is 11.1. The summed E-state index contributed by atoms with van der Waals surface area (Å²) in [5.41, 5.74) is 0. The largest absolute Gasteiger partial charge is 0.355 e. The average molecular weight is 169 g/mol. The van der Waals surface area contributed by atoms with Crippen LogP contribution in [0.4, 0.5) is 0 Å². The van der Waals surface area contributed by atoms with Gasteiger partial charge in [0.25, 0.3) is 0 Å². The van der Waals surface area contributed by atoms with Gasteiger partial charge in [-0.2, -0.15) is 0 Å². The Bertz CT molecular complexity index is 185. The van der Waals surface area contributed by atoms with Crippen molar-refractivity contribution in [2.75, 3.05) is 12.3 Å². The molecule has 0 saturated carbocycles. The van der Waals surface area contributed by atoms with Crippen molar-refractivity contribution in [2.45, 2.75) is 18.1 Å². The average Bonchev–Trinajstić information content (AvgIpc) is 2.03.